The van der Waals surface area contributed by atoms with E-state index >= 15 is 0 Å². The van der Waals surface area contributed by atoms with Gasteiger partial charge in [0.1, 0.15) is 0 Å². The first kappa shape index (κ1) is 19.4. The Morgan fingerprint density at radius 3 is 2.38 bits per heavy atom. The van der Waals surface area contributed by atoms with Crippen molar-refractivity contribution in [1.82, 2.24) is 0 Å². The Morgan fingerprint density at radius 1 is 1.38 bits per heavy atom. The van der Waals surface area contributed by atoms with Crippen molar-refractivity contribution >= 4 is 28.4 Å². The van der Waals surface area contributed by atoms with Gasteiger partial charge >= 0.3 is 120 Å². The number of aliphatic hydroxyl groups excluding tert-OH is 3. The van der Waals surface area contributed by atoms with Gasteiger partial charge in [-0.25, -0.2) is 0 Å². The third-order valence-corrected chi connectivity index (χ3v) is 3.76. The van der Waals surface area contributed by atoms with Gasteiger partial charge < -0.3 is 5.48 Å². The first-order chi connectivity index (χ1) is 6.57. The Hall–Kier alpha value is 1.05. The Balaban J connectivity index is 0. The molecule has 4 unspecified atom stereocenters. The van der Waals surface area contributed by atoms with Crippen LogP contribution in [0, 0.1) is 0 Å². The molecule has 0 aromatic rings. The number of hydrogen-bond donors (Lipinski definition) is 4. The zero-order chi connectivity index (χ0) is 10.7. The third kappa shape index (κ3) is 4.73. The van der Waals surface area contributed by atoms with E-state index in [-0.39, 0.29) is 41.6 Å². The van der Waals surface area contributed by atoms with Gasteiger partial charge in [0, 0.05) is 0 Å². The maximum absolute atomic E-state index is 10.3. The Kier molecular flexibility index (Phi) is 11.0. The quantitative estimate of drug-likeness (QED) is 0.366. The first-order valence-electron chi connectivity index (χ1n) is 3.79. The maximum atomic E-state index is 10.3. The topological polar surface area (TPSA) is 148 Å². The molecule has 0 aromatic heterocycles. The molecular formula is C6H12NaO8Sb+. The van der Waals surface area contributed by atoms with E-state index in [1.165, 1.54) is 0 Å². The molecule has 0 aromatic carbocycles. The second kappa shape index (κ2) is 9.04. The molecule has 0 amide bonds. The smallest absolute Gasteiger partial charge is 1.00 e. The van der Waals surface area contributed by atoms with Crippen molar-refractivity contribution in [2.45, 2.75) is 24.4 Å². The van der Waals surface area contributed by atoms with Crippen molar-refractivity contribution in [3.63, 3.8) is 0 Å². The van der Waals surface area contributed by atoms with E-state index < -0.39 is 52.8 Å². The molecule has 6 N–H and O–H groups in total. The number of aliphatic hydroxyl groups is 3. The second-order valence-corrected chi connectivity index (χ2v) is 4.37. The van der Waals surface area contributed by atoms with Crippen LogP contribution in [-0.2, 0) is 10.8 Å². The molecule has 4 atom stereocenters. The van der Waals surface area contributed by atoms with Gasteiger partial charge in [-0.15, -0.1) is 0 Å². The molecule has 8 nitrogen and oxygen atoms in total. The van der Waals surface area contributed by atoms with Gasteiger partial charge in [-0.3, -0.25) is 0 Å². The fourth-order valence-corrected chi connectivity index (χ4v) is 3.02. The molecule has 1 fully saturated rings. The summed E-state index contributed by atoms with van der Waals surface area (Å²) < 4.78 is 9.96. The summed E-state index contributed by atoms with van der Waals surface area (Å²) in [6, 6.07) is 0. The van der Waals surface area contributed by atoms with Crippen LogP contribution in [0.4, 0.5) is 0 Å². The van der Waals surface area contributed by atoms with Gasteiger partial charge in [0.2, 0.25) is 0 Å². The van der Waals surface area contributed by atoms with Gasteiger partial charge in [-0.05, 0) is 0 Å². The average molecular weight is 357 g/mol. The monoisotopic (exact) mass is 356 g/mol. The molecule has 89 valence electrons. The van der Waals surface area contributed by atoms with Gasteiger partial charge in [0.05, 0.1) is 0 Å². The fraction of sp³-hybridized carbons (Fsp3) is 0.833. The summed E-state index contributed by atoms with van der Waals surface area (Å²) in [4.78, 5) is 10.3. The normalized spacial score (nSPS) is 27.4. The van der Waals surface area contributed by atoms with Crippen LogP contribution >= 0.6 is 0 Å². The van der Waals surface area contributed by atoms with Crippen LogP contribution in [0.5, 0.6) is 0 Å². The number of rotatable bonds is 4. The van der Waals surface area contributed by atoms with Crippen molar-refractivity contribution < 1.29 is 66.3 Å². The zero-order valence-corrected chi connectivity index (χ0v) is 13.0. The molecule has 1 heterocycles. The molecule has 1 aliphatic rings. The molecule has 0 saturated carbocycles. The summed E-state index contributed by atoms with van der Waals surface area (Å²) in [6.45, 7) is -0.371. The van der Waals surface area contributed by atoms with Crippen LogP contribution in [0.15, 0.2) is 0 Å². The predicted molar refractivity (Wildman–Crippen MR) is 45.8 cm³/mol. The molecule has 0 bridgehead atoms. The van der Waals surface area contributed by atoms with E-state index in [0.717, 1.165) is 0 Å². The van der Waals surface area contributed by atoms with Crippen molar-refractivity contribution in [3.05, 3.63) is 0 Å². The van der Waals surface area contributed by atoms with E-state index in [4.69, 9.17) is 21.4 Å². The van der Waals surface area contributed by atoms with Crippen LogP contribution in [0.25, 0.3) is 0 Å². The minimum absolute atomic E-state index is 0. The number of aliphatic carboxylic acids is 1. The summed E-state index contributed by atoms with van der Waals surface area (Å²) in [6.07, 6.45) is -5.20. The van der Waals surface area contributed by atoms with Crippen LogP contribution in [-0.4, -0.2) is 85.4 Å². The van der Waals surface area contributed by atoms with E-state index in [9.17, 15) is 9.90 Å². The number of carboxylic acids is 1. The van der Waals surface area contributed by atoms with Crippen LogP contribution in [0.3, 0.4) is 0 Å². The fourth-order valence-electron chi connectivity index (χ4n) is 1.00. The first-order valence-corrected chi connectivity index (χ1v) is 5.88. The van der Waals surface area contributed by atoms with E-state index in [0.29, 0.717) is 0 Å². The van der Waals surface area contributed by atoms with Gasteiger partial charge in [-0.1, -0.05) is 0 Å². The molecule has 0 aliphatic carbocycles. The molecule has 16 heavy (non-hydrogen) atoms. The minimum atomic E-state index is -1.92. The van der Waals surface area contributed by atoms with Crippen LogP contribution in [0.1, 0.15) is 0 Å². The standard InChI is InChI=1S/C6H10O7.Na.H2O.Sb/c7-1-2(8)3(9)4(10)5(11)6(12)13;;;/h2-5,7,10-11H,1H2,(H,12,13);;1H2;/q-2;+1;;+2. The molecule has 1 saturated heterocycles. The Morgan fingerprint density at radius 2 is 1.94 bits per heavy atom. The van der Waals surface area contributed by atoms with E-state index in [2.05, 4.69) is 0 Å². The second-order valence-electron chi connectivity index (χ2n) is 2.74. The number of carbonyl (C=O) groups is 1. The van der Waals surface area contributed by atoms with Crippen molar-refractivity contribution in [1.29, 1.82) is 0 Å². The van der Waals surface area contributed by atoms with Crippen molar-refractivity contribution in [3.8, 4) is 0 Å². The summed E-state index contributed by atoms with van der Waals surface area (Å²) in [5.41, 5.74) is 0. The molecule has 1 radical (unpaired) electrons. The summed E-state index contributed by atoms with van der Waals surface area (Å²) >= 11 is -1.38. The van der Waals surface area contributed by atoms with Crippen LogP contribution in [0.2, 0.25) is 0 Å². The molecular weight excluding hydrogens is 345 g/mol. The SMILES string of the molecule is O.O=C(O)C(O)C(O)C1[O][Sb][O]C1CO.[Na+]. The predicted octanol–water partition coefficient (Wildman–Crippen LogP) is -6.72. The Bertz CT molecular complexity index is 217. The summed E-state index contributed by atoms with van der Waals surface area (Å²) in [5, 5.41) is 35.6. The summed E-state index contributed by atoms with van der Waals surface area (Å²) in [7, 11) is 0. The molecule has 1 rings (SSSR count). The molecule has 0 spiro atoms. The molecule has 10 heteroatoms. The van der Waals surface area contributed by atoms with Gasteiger partial charge in [-0.2, -0.15) is 0 Å². The largest absolute Gasteiger partial charge is 1.00 e. The van der Waals surface area contributed by atoms with E-state index in [1.807, 2.05) is 0 Å². The van der Waals surface area contributed by atoms with Gasteiger partial charge in [0.15, 0.2) is 0 Å². The number of carboxylic acid groups (broad SMARTS) is 1. The van der Waals surface area contributed by atoms with E-state index in [1.54, 1.807) is 0 Å². The molecule has 1 aliphatic heterocycles. The Labute approximate surface area is 125 Å². The number of hydrogen-bond acceptors (Lipinski definition) is 6. The maximum Gasteiger partial charge on any atom is 1.00 e. The van der Waals surface area contributed by atoms with Crippen molar-refractivity contribution in [2.24, 2.45) is 0 Å². The third-order valence-electron chi connectivity index (χ3n) is 1.80. The van der Waals surface area contributed by atoms with Gasteiger partial charge in [0.25, 0.3) is 0 Å². The minimum Gasteiger partial charge on any atom is 1.00 e. The van der Waals surface area contributed by atoms with Crippen molar-refractivity contribution in [2.75, 3.05) is 6.61 Å². The zero-order valence-electron chi connectivity index (χ0n) is 8.48. The van der Waals surface area contributed by atoms with Crippen LogP contribution < -0.4 is 29.6 Å². The summed E-state index contributed by atoms with van der Waals surface area (Å²) in [5.74, 6) is -1.53. The average Bonchev–Trinajstić information content (AvgIpc) is 2.62.